The molecular weight excluding hydrogens is 348 g/mol. The standard InChI is InChI=1S/C12H8N2.C2H3.Eu/c1-3-9-5-6-10-4-2-8-14-12(10)11(9)13-7-1;1-2;/h1-8H;1H3;. The first-order valence-electron chi connectivity index (χ1n) is 5.22. The third-order valence-corrected chi connectivity index (χ3v) is 2.34. The van der Waals surface area contributed by atoms with Gasteiger partial charge in [0.1, 0.15) is 0 Å². The average molecular weight is 359 g/mol. The molecule has 84 valence electrons. The van der Waals surface area contributed by atoms with Crippen molar-refractivity contribution in [3.63, 3.8) is 0 Å². The summed E-state index contributed by atoms with van der Waals surface area (Å²) in [7, 11) is 0. The molecule has 0 saturated carbocycles. The van der Waals surface area contributed by atoms with Gasteiger partial charge in [0.05, 0.1) is 11.0 Å². The van der Waals surface area contributed by atoms with E-state index >= 15 is 0 Å². The molecule has 0 saturated heterocycles. The predicted molar refractivity (Wildman–Crippen MR) is 66.6 cm³/mol. The van der Waals surface area contributed by atoms with Crippen molar-refractivity contribution < 1.29 is 46.2 Å². The monoisotopic (exact) mass is 360 g/mol. The van der Waals surface area contributed by atoms with E-state index in [1.165, 1.54) is 0 Å². The van der Waals surface area contributed by atoms with E-state index in [0.717, 1.165) is 21.8 Å². The van der Waals surface area contributed by atoms with Crippen LogP contribution in [0.15, 0.2) is 48.8 Å². The van der Waals surface area contributed by atoms with Crippen molar-refractivity contribution in [1.29, 1.82) is 0 Å². The fourth-order valence-corrected chi connectivity index (χ4v) is 1.68. The summed E-state index contributed by atoms with van der Waals surface area (Å²) in [6.07, 6.45) is 3.60. The summed E-state index contributed by atoms with van der Waals surface area (Å²) in [5.41, 5.74) is 1.95. The van der Waals surface area contributed by atoms with Gasteiger partial charge in [-0.2, -0.15) is 0 Å². The van der Waals surface area contributed by atoms with Crippen LogP contribution in [0.3, 0.4) is 0 Å². The molecule has 0 N–H and O–H groups in total. The quantitative estimate of drug-likeness (QED) is 0.576. The van der Waals surface area contributed by atoms with Gasteiger partial charge in [-0.05, 0) is 12.1 Å². The number of hydrogen-bond acceptors (Lipinski definition) is 2. The van der Waals surface area contributed by atoms with E-state index in [0.29, 0.717) is 0 Å². The molecule has 0 aliphatic heterocycles. The Morgan fingerprint density at radius 1 is 0.882 bits per heavy atom. The molecule has 2 aromatic heterocycles. The predicted octanol–water partition coefficient (Wildman–Crippen LogP) is 3.30. The van der Waals surface area contributed by atoms with Crippen LogP contribution in [0.2, 0.25) is 0 Å². The van der Waals surface area contributed by atoms with Gasteiger partial charge in [-0.3, -0.25) is 9.97 Å². The first-order chi connectivity index (χ1) is 8.36. The third-order valence-electron chi connectivity index (χ3n) is 2.34. The Kier molecular flexibility index (Phi) is 4.81. The second-order valence-electron chi connectivity index (χ2n) is 3.40. The summed E-state index contributed by atoms with van der Waals surface area (Å²) in [5, 5.41) is 2.28. The van der Waals surface area contributed by atoms with Crippen LogP contribution in [-0.4, -0.2) is 9.97 Å². The van der Waals surface area contributed by atoms with Crippen LogP contribution in [0.25, 0.3) is 21.8 Å². The minimum absolute atomic E-state index is 0.977. The van der Waals surface area contributed by atoms with Gasteiger partial charge in [0.15, 0.2) is 0 Å². The second-order valence-corrected chi connectivity index (χ2v) is 4.62. The molecular formula is C14H11EuN2. The Labute approximate surface area is 132 Å². The van der Waals surface area contributed by atoms with E-state index in [-0.39, 0.29) is 0 Å². The molecule has 2 nitrogen and oxygen atoms in total. The van der Waals surface area contributed by atoms with E-state index in [4.69, 9.17) is 0 Å². The molecule has 3 rings (SSSR count). The van der Waals surface area contributed by atoms with Gasteiger partial charge in [-0.1, -0.05) is 24.3 Å². The Hall–Kier alpha value is -0.596. The molecule has 0 fully saturated rings. The number of aromatic nitrogens is 2. The fourth-order valence-electron chi connectivity index (χ4n) is 1.68. The number of nitrogens with zero attached hydrogens (tertiary/aromatic N) is 2. The van der Waals surface area contributed by atoms with Crippen molar-refractivity contribution in [1.82, 2.24) is 9.97 Å². The maximum absolute atomic E-state index is 4.35. The van der Waals surface area contributed by atoms with Crippen molar-refractivity contribution in [3.8, 4) is 0.153 Å². The minimum Gasteiger partial charge on any atom is -0.254 e. The summed E-state index contributed by atoms with van der Waals surface area (Å²) in [6.45, 7) is 1.90. The molecule has 2 heterocycles. The zero-order valence-corrected chi connectivity index (χ0v) is 11.8. The van der Waals surface area contributed by atoms with Crippen molar-refractivity contribution in [2.45, 2.75) is 6.92 Å². The van der Waals surface area contributed by atoms with Crippen molar-refractivity contribution in [3.05, 3.63) is 48.8 Å². The Bertz CT molecular complexity index is 631. The van der Waals surface area contributed by atoms with Gasteiger partial charge >= 0.3 is 53.3 Å². The maximum Gasteiger partial charge on any atom is 0.0964 e. The normalized spacial score (nSPS) is 9.47. The summed E-state index contributed by atoms with van der Waals surface area (Å²) < 4.78 is 2.81. The van der Waals surface area contributed by atoms with E-state index in [1.54, 1.807) is 58.6 Å². The van der Waals surface area contributed by atoms with E-state index < -0.39 is 0 Å². The second kappa shape index (κ2) is 6.37. The molecule has 1 aromatic carbocycles. The van der Waals surface area contributed by atoms with Gasteiger partial charge < -0.3 is 0 Å². The first-order valence-corrected chi connectivity index (χ1v) is 6.44. The Balaban J connectivity index is 0.000000329. The van der Waals surface area contributed by atoms with Crippen LogP contribution in [-0.2, 0) is 0 Å². The van der Waals surface area contributed by atoms with Crippen LogP contribution < -0.4 is 0 Å². The fraction of sp³-hybridized carbons (Fsp3) is 0.0714. The van der Waals surface area contributed by atoms with Gasteiger partial charge in [0, 0.05) is 23.2 Å². The molecule has 0 unspecified atom stereocenters. The van der Waals surface area contributed by atoms with Crippen LogP contribution in [0.4, 0.5) is 0 Å². The largest absolute Gasteiger partial charge is 0.254 e. The topological polar surface area (TPSA) is 25.8 Å². The molecule has 0 aliphatic rings. The van der Waals surface area contributed by atoms with E-state index in [1.807, 2.05) is 19.1 Å². The van der Waals surface area contributed by atoms with Gasteiger partial charge in [0.25, 0.3) is 0 Å². The number of benzene rings is 1. The summed E-state index contributed by atoms with van der Waals surface area (Å²) in [5.74, 6) is 0. The zero-order chi connectivity index (χ0) is 12.1. The summed E-state index contributed by atoms with van der Waals surface area (Å²) >= 11 is 1.57. The molecule has 3 heteroatoms. The minimum atomic E-state index is 0.977. The number of pyridine rings is 2. The van der Waals surface area contributed by atoms with Crippen molar-refractivity contribution in [2.24, 2.45) is 0 Å². The Morgan fingerprint density at radius 3 is 1.71 bits per heavy atom. The molecule has 0 radical (unpaired) electrons. The molecule has 0 aliphatic carbocycles. The van der Waals surface area contributed by atoms with Crippen LogP contribution in [0.1, 0.15) is 6.92 Å². The van der Waals surface area contributed by atoms with Crippen LogP contribution in [0, 0.1) is 46.4 Å². The molecule has 17 heavy (non-hydrogen) atoms. The molecule has 0 atom stereocenters. The summed E-state index contributed by atoms with van der Waals surface area (Å²) in [4.78, 5) is 8.69. The maximum atomic E-state index is 4.35. The van der Waals surface area contributed by atoms with E-state index in [2.05, 4.69) is 34.4 Å². The van der Waals surface area contributed by atoms with Crippen LogP contribution in [0.5, 0.6) is 0 Å². The van der Waals surface area contributed by atoms with Gasteiger partial charge in [-0.25, -0.2) is 0 Å². The van der Waals surface area contributed by atoms with Crippen LogP contribution >= 0.6 is 0 Å². The molecule has 0 bridgehead atoms. The molecule has 3 aromatic rings. The molecule has 0 spiro atoms. The van der Waals surface area contributed by atoms with Gasteiger partial charge in [-0.15, -0.1) is 0 Å². The van der Waals surface area contributed by atoms with Crippen molar-refractivity contribution in [2.75, 3.05) is 0 Å². The number of hydrogen-bond donors (Lipinski definition) is 0. The summed E-state index contributed by atoms with van der Waals surface area (Å²) in [6, 6.07) is 12.1. The average Bonchev–Trinajstić information content (AvgIpc) is 2.40. The number of fused-ring (bicyclic) bond motifs is 3. The number of rotatable bonds is 0. The SMILES string of the molecule is C[C]#[Eu].c1cnc2c(c1)ccc1cccnc12. The zero-order valence-electron chi connectivity index (χ0n) is 9.39. The van der Waals surface area contributed by atoms with Gasteiger partial charge in [0.2, 0.25) is 0 Å². The van der Waals surface area contributed by atoms with Crippen molar-refractivity contribution >= 4 is 21.8 Å². The third kappa shape index (κ3) is 2.99. The molecule has 0 amide bonds. The first kappa shape index (κ1) is 12.9. The Morgan fingerprint density at radius 2 is 1.29 bits per heavy atom. The van der Waals surface area contributed by atoms with E-state index in [9.17, 15) is 0 Å². The smallest absolute Gasteiger partial charge is 0.0964 e.